The van der Waals surface area contributed by atoms with E-state index in [1.165, 1.54) is 5.57 Å². The summed E-state index contributed by atoms with van der Waals surface area (Å²) >= 11 is 0. The number of allylic oxidation sites excluding steroid dienone is 4. The molecule has 0 radical (unpaired) electrons. The van der Waals surface area contributed by atoms with Crippen LogP contribution in [0.2, 0.25) is 0 Å². The Hall–Kier alpha value is -2.00. The third kappa shape index (κ3) is 5.12. The van der Waals surface area contributed by atoms with Crippen LogP contribution in [-0.2, 0) is 19.1 Å². The summed E-state index contributed by atoms with van der Waals surface area (Å²) in [4.78, 5) is 25.6. The molecule has 0 spiro atoms. The Bertz CT molecular complexity index is 1390. The van der Waals surface area contributed by atoms with Gasteiger partial charge in [-0.05, 0) is 112 Å². The van der Waals surface area contributed by atoms with Gasteiger partial charge in [0.15, 0.2) is 0 Å². The van der Waals surface area contributed by atoms with Crippen molar-refractivity contribution in [1.82, 2.24) is 0 Å². The molecular weight excluding hydrogens is 608 g/mol. The molecule has 12 atom stereocenters. The third-order valence-corrected chi connectivity index (χ3v) is 15.4. The van der Waals surface area contributed by atoms with Crippen LogP contribution in [-0.4, -0.2) is 70.0 Å². The van der Waals surface area contributed by atoms with Gasteiger partial charge >= 0.3 is 11.9 Å². The minimum atomic E-state index is -1.28. The van der Waals surface area contributed by atoms with Gasteiger partial charge in [-0.3, -0.25) is 0 Å². The van der Waals surface area contributed by atoms with Crippen molar-refractivity contribution in [2.45, 2.75) is 139 Å². The SMILES string of the molecule is C/C=C(\C)C(=O)OC[C@@]12C(CC(C)(C)[C@@H](O)[C@@H]1O)C1=CCC3[C@@]4(C)CC[C@H](O)[C@](C)(COC(=O)/C(C)=C/C)C4CC[C@@]3(C)[C@]1(C)C[C@H]2O. The van der Waals surface area contributed by atoms with Crippen molar-refractivity contribution < 1.29 is 39.5 Å². The second kappa shape index (κ2) is 12.3. The van der Waals surface area contributed by atoms with Crippen LogP contribution in [0.5, 0.6) is 0 Å². The van der Waals surface area contributed by atoms with Gasteiger partial charge in [-0.15, -0.1) is 0 Å². The van der Waals surface area contributed by atoms with Gasteiger partial charge in [-0.25, -0.2) is 9.59 Å². The molecule has 0 aromatic rings. The molecule has 8 nitrogen and oxygen atoms in total. The topological polar surface area (TPSA) is 134 Å². The number of hydrogen-bond acceptors (Lipinski definition) is 8. The largest absolute Gasteiger partial charge is 0.462 e. The van der Waals surface area contributed by atoms with Crippen LogP contribution in [0.3, 0.4) is 0 Å². The number of hydrogen-bond donors (Lipinski definition) is 4. The molecular formula is C40H62O8. The molecule has 0 aromatic carbocycles. The standard InChI is InChI=1S/C40H62O8/c1-11-23(3)33(45)47-21-37(8)27-15-18-38(9)28(36(27,7)17-16-29(37)41)14-13-25-26-19-35(5,6)31(43)32(44)40(26,30(42)20-39(25,38)10)22-48-34(46)24(4)12-2/h11-13,26-32,41-44H,14-22H2,1-10H3/b23-11+,24-12+/t26?,27?,28?,29-,30+,31-,32-,36-,37+,38+,39+,40-/m0/s1. The number of fused-ring (bicyclic) bond motifs is 7. The van der Waals surface area contributed by atoms with E-state index >= 15 is 0 Å². The quantitative estimate of drug-likeness (QED) is 0.152. The van der Waals surface area contributed by atoms with Gasteiger partial charge in [0, 0.05) is 16.6 Å². The average Bonchev–Trinajstić information content (AvgIpc) is 3.03. The van der Waals surface area contributed by atoms with Crippen LogP contribution in [0, 0.1) is 50.2 Å². The molecule has 8 heteroatoms. The molecule has 0 bridgehead atoms. The summed E-state index contributed by atoms with van der Waals surface area (Å²) in [6, 6.07) is 0. The van der Waals surface area contributed by atoms with Gasteiger partial charge < -0.3 is 29.9 Å². The lowest BCUT2D eigenvalue weighted by Crippen LogP contribution is -2.72. The molecule has 0 amide bonds. The number of carbonyl (C=O) groups is 2. The number of aliphatic hydroxyl groups is 4. The van der Waals surface area contributed by atoms with Gasteiger partial charge in [0.25, 0.3) is 0 Å². The Kier molecular flexibility index (Phi) is 9.58. The Balaban J connectivity index is 1.55. The van der Waals surface area contributed by atoms with Gasteiger partial charge in [0.05, 0.1) is 36.4 Å². The van der Waals surface area contributed by atoms with E-state index in [-0.39, 0.29) is 47.8 Å². The second-order valence-corrected chi connectivity index (χ2v) is 17.9. The van der Waals surface area contributed by atoms with Crippen molar-refractivity contribution in [3.05, 3.63) is 34.9 Å². The van der Waals surface area contributed by atoms with Gasteiger partial charge in [-0.2, -0.15) is 0 Å². The maximum atomic E-state index is 12.9. The van der Waals surface area contributed by atoms with Crippen LogP contribution in [0.4, 0.5) is 0 Å². The van der Waals surface area contributed by atoms with E-state index in [2.05, 4.69) is 33.8 Å². The van der Waals surface area contributed by atoms with E-state index < -0.39 is 52.0 Å². The highest BCUT2D eigenvalue weighted by molar-refractivity contribution is 5.88. The van der Waals surface area contributed by atoms with Gasteiger partial charge in [0.1, 0.15) is 6.61 Å². The van der Waals surface area contributed by atoms with Crippen molar-refractivity contribution in [2.24, 2.45) is 50.2 Å². The van der Waals surface area contributed by atoms with Crippen molar-refractivity contribution in [2.75, 3.05) is 13.2 Å². The maximum Gasteiger partial charge on any atom is 0.333 e. The molecule has 4 saturated carbocycles. The highest BCUT2D eigenvalue weighted by Crippen LogP contribution is 2.75. The minimum Gasteiger partial charge on any atom is -0.462 e. The first kappa shape index (κ1) is 37.3. The monoisotopic (exact) mass is 670 g/mol. The summed E-state index contributed by atoms with van der Waals surface area (Å²) in [6.45, 7) is 20.1. The number of ether oxygens (including phenoxy) is 2. The number of esters is 2. The zero-order valence-corrected chi connectivity index (χ0v) is 31.1. The fourth-order valence-corrected chi connectivity index (χ4v) is 11.8. The van der Waals surface area contributed by atoms with E-state index in [4.69, 9.17) is 9.47 Å². The fourth-order valence-electron chi connectivity index (χ4n) is 11.8. The molecule has 3 unspecified atom stereocenters. The normalized spacial score (nSPS) is 47.0. The van der Waals surface area contributed by atoms with Gasteiger partial charge in [-0.1, -0.05) is 65.3 Å². The Morgan fingerprint density at radius 3 is 1.96 bits per heavy atom. The molecule has 48 heavy (non-hydrogen) atoms. The smallest absolute Gasteiger partial charge is 0.333 e. The zero-order chi connectivity index (χ0) is 35.8. The first-order valence-corrected chi connectivity index (χ1v) is 18.2. The minimum absolute atomic E-state index is 0.136. The first-order chi connectivity index (χ1) is 22.2. The molecule has 4 N–H and O–H groups in total. The van der Waals surface area contributed by atoms with Crippen molar-refractivity contribution >= 4 is 11.9 Å². The third-order valence-electron chi connectivity index (χ3n) is 15.4. The van der Waals surface area contributed by atoms with Crippen molar-refractivity contribution in [3.8, 4) is 0 Å². The molecule has 0 saturated heterocycles. The van der Waals surface area contributed by atoms with Crippen LogP contribution in [0.15, 0.2) is 34.9 Å². The van der Waals surface area contributed by atoms with Crippen LogP contribution >= 0.6 is 0 Å². The Labute approximate surface area is 288 Å². The summed E-state index contributed by atoms with van der Waals surface area (Å²) in [6.07, 6.45) is 6.82. The van der Waals surface area contributed by atoms with E-state index in [0.717, 1.165) is 25.7 Å². The first-order valence-electron chi connectivity index (χ1n) is 18.2. The zero-order valence-electron chi connectivity index (χ0n) is 31.1. The molecule has 0 aliphatic heterocycles. The summed E-state index contributed by atoms with van der Waals surface area (Å²) in [7, 11) is 0. The summed E-state index contributed by atoms with van der Waals surface area (Å²) in [5.41, 5.74) is -0.998. The maximum absolute atomic E-state index is 12.9. The Morgan fingerprint density at radius 2 is 1.38 bits per heavy atom. The number of rotatable bonds is 6. The predicted molar refractivity (Wildman–Crippen MR) is 184 cm³/mol. The lowest BCUT2D eigenvalue weighted by molar-refractivity contribution is -0.260. The fraction of sp³-hybridized carbons (Fsp3) is 0.800. The van der Waals surface area contributed by atoms with E-state index in [0.29, 0.717) is 30.4 Å². The predicted octanol–water partition coefficient (Wildman–Crippen LogP) is 6.06. The molecule has 5 aliphatic rings. The second-order valence-electron chi connectivity index (χ2n) is 17.9. The van der Waals surface area contributed by atoms with Crippen LogP contribution in [0.1, 0.15) is 114 Å². The molecule has 5 aliphatic carbocycles. The number of carbonyl (C=O) groups excluding carboxylic acids is 2. The van der Waals surface area contributed by atoms with Crippen molar-refractivity contribution in [3.63, 3.8) is 0 Å². The van der Waals surface area contributed by atoms with Crippen molar-refractivity contribution in [1.29, 1.82) is 0 Å². The highest BCUT2D eigenvalue weighted by Gasteiger charge is 2.72. The van der Waals surface area contributed by atoms with E-state index in [1.54, 1.807) is 32.9 Å². The van der Waals surface area contributed by atoms with Crippen LogP contribution in [0.25, 0.3) is 0 Å². The summed E-state index contributed by atoms with van der Waals surface area (Å²) in [5.74, 6) is -0.738. The molecule has 5 rings (SSSR count). The average molecular weight is 671 g/mol. The molecule has 0 heterocycles. The lowest BCUT2D eigenvalue weighted by Gasteiger charge is -2.72. The molecule has 270 valence electrons. The molecule has 0 aromatic heterocycles. The van der Waals surface area contributed by atoms with E-state index in [9.17, 15) is 30.0 Å². The lowest BCUT2D eigenvalue weighted by atomic mass is 9.33. The van der Waals surface area contributed by atoms with Gasteiger partial charge in [0.2, 0.25) is 0 Å². The highest BCUT2D eigenvalue weighted by atomic mass is 16.5. The molecule has 4 fully saturated rings. The summed E-state index contributed by atoms with van der Waals surface area (Å²) < 4.78 is 11.7. The van der Waals surface area contributed by atoms with Crippen LogP contribution < -0.4 is 0 Å². The number of aliphatic hydroxyl groups excluding tert-OH is 4. The van der Waals surface area contributed by atoms with E-state index in [1.807, 2.05) is 20.8 Å². The Morgan fingerprint density at radius 1 is 0.792 bits per heavy atom. The summed E-state index contributed by atoms with van der Waals surface area (Å²) in [5, 5.41) is 47.2.